The lowest BCUT2D eigenvalue weighted by molar-refractivity contribution is 0.102. The highest BCUT2D eigenvalue weighted by Crippen LogP contribution is 2.28. The number of benzene rings is 2. The van der Waals surface area contributed by atoms with Crippen molar-refractivity contribution in [2.45, 2.75) is 44.0 Å². The largest absolute Gasteiger partial charge is 0.298 e. The van der Waals surface area contributed by atoms with E-state index in [1.807, 2.05) is 32.0 Å². The Kier molecular flexibility index (Phi) is 5.42. The summed E-state index contributed by atoms with van der Waals surface area (Å²) in [6, 6.07) is 12.1. The fourth-order valence-electron chi connectivity index (χ4n) is 3.60. The molecule has 0 radical (unpaired) electrons. The van der Waals surface area contributed by atoms with Crippen LogP contribution < -0.4 is 5.32 Å². The summed E-state index contributed by atoms with van der Waals surface area (Å²) < 4.78 is 28.4. The molecule has 3 aromatic rings. The second kappa shape index (κ2) is 7.85. The molecular formula is C21H23N3O3S2. The molecule has 6 nitrogen and oxygen atoms in total. The van der Waals surface area contributed by atoms with E-state index in [2.05, 4.69) is 10.3 Å². The standard InChI is InChI=1S/C21H23N3O3S2/c1-14-6-11-18-19(13-14)28-21(22-18)23-20(25)16-7-9-17(10-8-16)29(26,27)24-12-4-3-5-15(24)2/h6-11,13,15H,3-5,12H2,1-2H3,(H,22,23,25). The fraction of sp³-hybridized carbons (Fsp3) is 0.333. The van der Waals surface area contributed by atoms with Crippen molar-refractivity contribution in [2.75, 3.05) is 11.9 Å². The molecule has 2 heterocycles. The lowest BCUT2D eigenvalue weighted by atomic mass is 10.1. The SMILES string of the molecule is Cc1ccc2nc(NC(=O)c3ccc(S(=O)(=O)N4CCCCC4C)cc3)sc2c1. The van der Waals surface area contributed by atoms with Crippen LogP contribution in [0.5, 0.6) is 0 Å². The molecule has 1 aromatic heterocycles. The van der Waals surface area contributed by atoms with E-state index in [1.165, 1.54) is 23.5 Å². The van der Waals surface area contributed by atoms with Crippen LogP contribution in [0, 0.1) is 6.92 Å². The zero-order valence-corrected chi connectivity index (χ0v) is 18.0. The summed E-state index contributed by atoms with van der Waals surface area (Å²) in [6.07, 6.45) is 2.81. The molecule has 152 valence electrons. The minimum atomic E-state index is -3.54. The van der Waals surface area contributed by atoms with E-state index in [1.54, 1.807) is 16.4 Å². The van der Waals surface area contributed by atoms with Crippen LogP contribution in [0.1, 0.15) is 42.1 Å². The van der Waals surface area contributed by atoms with Gasteiger partial charge in [0.15, 0.2) is 5.13 Å². The van der Waals surface area contributed by atoms with Gasteiger partial charge in [-0.2, -0.15) is 4.31 Å². The molecular weight excluding hydrogens is 406 g/mol. The summed E-state index contributed by atoms with van der Waals surface area (Å²) in [5, 5.41) is 3.33. The number of sulfonamides is 1. The number of rotatable bonds is 4. The van der Waals surface area contributed by atoms with Crippen LogP contribution in [0.2, 0.25) is 0 Å². The minimum Gasteiger partial charge on any atom is -0.298 e. The molecule has 1 amide bonds. The number of fused-ring (bicyclic) bond motifs is 1. The summed E-state index contributed by atoms with van der Waals surface area (Å²) in [4.78, 5) is 17.2. The van der Waals surface area contributed by atoms with Crippen LogP contribution in [0.4, 0.5) is 5.13 Å². The van der Waals surface area contributed by atoms with Crippen molar-refractivity contribution in [1.82, 2.24) is 9.29 Å². The van der Waals surface area contributed by atoms with Gasteiger partial charge >= 0.3 is 0 Å². The second-order valence-electron chi connectivity index (χ2n) is 7.43. The molecule has 4 rings (SSSR count). The number of hydrogen-bond donors (Lipinski definition) is 1. The van der Waals surface area contributed by atoms with E-state index in [-0.39, 0.29) is 16.8 Å². The monoisotopic (exact) mass is 429 g/mol. The predicted molar refractivity (Wildman–Crippen MR) is 116 cm³/mol. The first-order valence-electron chi connectivity index (χ1n) is 9.65. The molecule has 1 fully saturated rings. The number of aryl methyl sites for hydroxylation is 1. The van der Waals surface area contributed by atoms with Gasteiger partial charge in [0.1, 0.15) is 0 Å². The van der Waals surface area contributed by atoms with Gasteiger partial charge < -0.3 is 0 Å². The number of anilines is 1. The fourth-order valence-corrected chi connectivity index (χ4v) is 6.26. The number of nitrogens with zero attached hydrogens (tertiary/aromatic N) is 2. The molecule has 0 saturated carbocycles. The first-order chi connectivity index (χ1) is 13.8. The van der Waals surface area contributed by atoms with Crippen LogP contribution in [0.25, 0.3) is 10.2 Å². The minimum absolute atomic E-state index is 0.000558. The molecule has 0 bridgehead atoms. The summed E-state index contributed by atoms with van der Waals surface area (Å²) in [5.41, 5.74) is 2.37. The molecule has 29 heavy (non-hydrogen) atoms. The van der Waals surface area contributed by atoms with Gasteiger partial charge in [0.05, 0.1) is 15.1 Å². The van der Waals surface area contributed by atoms with Crippen molar-refractivity contribution in [2.24, 2.45) is 0 Å². The molecule has 1 unspecified atom stereocenters. The van der Waals surface area contributed by atoms with E-state index < -0.39 is 10.0 Å². The van der Waals surface area contributed by atoms with Gasteiger partial charge in [-0.3, -0.25) is 10.1 Å². The van der Waals surface area contributed by atoms with Gasteiger partial charge in [-0.1, -0.05) is 23.8 Å². The molecule has 1 atom stereocenters. The lowest BCUT2D eigenvalue weighted by Crippen LogP contribution is -2.41. The number of piperidine rings is 1. The smallest absolute Gasteiger partial charge is 0.257 e. The van der Waals surface area contributed by atoms with E-state index in [4.69, 9.17) is 0 Å². The Morgan fingerprint density at radius 3 is 2.66 bits per heavy atom. The molecule has 0 spiro atoms. The Balaban J connectivity index is 1.51. The van der Waals surface area contributed by atoms with Gasteiger partial charge in [0, 0.05) is 18.2 Å². The number of thiazole rings is 1. The second-order valence-corrected chi connectivity index (χ2v) is 10.4. The van der Waals surface area contributed by atoms with Crippen molar-refractivity contribution in [1.29, 1.82) is 0 Å². The highest BCUT2D eigenvalue weighted by Gasteiger charge is 2.30. The van der Waals surface area contributed by atoms with Crippen LogP contribution in [0.15, 0.2) is 47.4 Å². The number of amides is 1. The maximum atomic E-state index is 12.9. The molecule has 2 aromatic carbocycles. The van der Waals surface area contributed by atoms with E-state index >= 15 is 0 Å². The van der Waals surface area contributed by atoms with Crippen LogP contribution >= 0.6 is 11.3 Å². The molecule has 1 aliphatic heterocycles. The Bertz CT molecular complexity index is 1150. The third kappa shape index (κ3) is 4.05. The van der Waals surface area contributed by atoms with Gasteiger partial charge in [0.25, 0.3) is 5.91 Å². The number of aromatic nitrogens is 1. The average Bonchev–Trinajstić information content (AvgIpc) is 3.09. The summed E-state index contributed by atoms with van der Waals surface area (Å²) in [5.74, 6) is -0.309. The summed E-state index contributed by atoms with van der Waals surface area (Å²) >= 11 is 1.42. The number of carbonyl (C=O) groups is 1. The van der Waals surface area contributed by atoms with Crippen molar-refractivity contribution < 1.29 is 13.2 Å². The highest BCUT2D eigenvalue weighted by molar-refractivity contribution is 7.89. The van der Waals surface area contributed by atoms with Crippen LogP contribution in [0.3, 0.4) is 0 Å². The van der Waals surface area contributed by atoms with Crippen molar-refractivity contribution in [3.05, 3.63) is 53.6 Å². The van der Waals surface area contributed by atoms with Gasteiger partial charge in [-0.15, -0.1) is 0 Å². The van der Waals surface area contributed by atoms with E-state index in [9.17, 15) is 13.2 Å². The normalized spacial score (nSPS) is 18.1. The molecule has 1 aliphatic rings. The van der Waals surface area contributed by atoms with Crippen molar-refractivity contribution in [3.63, 3.8) is 0 Å². The third-order valence-corrected chi connectivity index (χ3v) is 8.19. The predicted octanol–water partition coefficient (Wildman–Crippen LogP) is 4.42. The average molecular weight is 430 g/mol. The zero-order chi connectivity index (χ0) is 20.6. The molecule has 8 heteroatoms. The third-order valence-electron chi connectivity index (χ3n) is 5.23. The van der Waals surface area contributed by atoms with E-state index in [0.29, 0.717) is 17.2 Å². The van der Waals surface area contributed by atoms with Crippen molar-refractivity contribution in [3.8, 4) is 0 Å². The Morgan fingerprint density at radius 1 is 1.17 bits per heavy atom. The van der Waals surface area contributed by atoms with Crippen LogP contribution in [-0.2, 0) is 10.0 Å². The highest BCUT2D eigenvalue weighted by atomic mass is 32.2. The van der Waals surface area contributed by atoms with Gasteiger partial charge in [-0.05, 0) is 68.7 Å². The first kappa shape index (κ1) is 20.0. The maximum Gasteiger partial charge on any atom is 0.257 e. The van der Waals surface area contributed by atoms with Gasteiger partial charge in [-0.25, -0.2) is 13.4 Å². The van der Waals surface area contributed by atoms with Gasteiger partial charge in [0.2, 0.25) is 10.0 Å². The quantitative estimate of drug-likeness (QED) is 0.666. The topological polar surface area (TPSA) is 79.4 Å². The molecule has 0 aliphatic carbocycles. The number of hydrogen-bond acceptors (Lipinski definition) is 5. The maximum absolute atomic E-state index is 12.9. The van der Waals surface area contributed by atoms with E-state index in [0.717, 1.165) is 35.0 Å². The molecule has 1 N–H and O–H groups in total. The first-order valence-corrected chi connectivity index (χ1v) is 11.9. The summed E-state index contributed by atoms with van der Waals surface area (Å²) in [6.45, 7) is 4.50. The Labute approximate surface area is 174 Å². The Morgan fingerprint density at radius 2 is 1.93 bits per heavy atom. The Hall–Kier alpha value is -2.29. The molecule has 1 saturated heterocycles. The summed E-state index contributed by atoms with van der Waals surface area (Å²) in [7, 11) is -3.54. The zero-order valence-electron chi connectivity index (χ0n) is 16.4. The lowest BCUT2D eigenvalue weighted by Gasteiger charge is -2.32. The number of nitrogens with one attached hydrogen (secondary N) is 1. The van der Waals surface area contributed by atoms with Crippen molar-refractivity contribution >= 4 is 42.6 Å². The van der Waals surface area contributed by atoms with Crippen LogP contribution in [-0.4, -0.2) is 36.2 Å². The number of carbonyl (C=O) groups excluding carboxylic acids is 1.